The summed E-state index contributed by atoms with van der Waals surface area (Å²) in [6.45, 7) is 10.5. The molecule has 4 nitrogen and oxygen atoms in total. The van der Waals surface area contributed by atoms with Gasteiger partial charge in [-0.3, -0.25) is 4.68 Å². The van der Waals surface area contributed by atoms with Crippen molar-refractivity contribution >= 4 is 15.9 Å². The monoisotopic (exact) mass is 329 g/mol. The molecule has 0 aromatic carbocycles. The first-order chi connectivity index (χ1) is 9.06. The van der Waals surface area contributed by atoms with Crippen LogP contribution < -0.4 is 5.32 Å². The van der Waals surface area contributed by atoms with Gasteiger partial charge in [-0.2, -0.15) is 5.10 Å². The Balaban J connectivity index is 2.35. The zero-order valence-electron chi connectivity index (χ0n) is 12.2. The van der Waals surface area contributed by atoms with Gasteiger partial charge in [0.05, 0.1) is 28.5 Å². The maximum Gasteiger partial charge on any atom is 0.0702 e. The summed E-state index contributed by atoms with van der Waals surface area (Å²) in [5.41, 5.74) is 1.25. The van der Waals surface area contributed by atoms with Crippen LogP contribution in [0.15, 0.2) is 10.7 Å². The van der Waals surface area contributed by atoms with E-state index in [-0.39, 0.29) is 0 Å². The van der Waals surface area contributed by atoms with Crippen molar-refractivity contribution in [2.45, 2.75) is 52.3 Å². The van der Waals surface area contributed by atoms with Gasteiger partial charge in [-0.05, 0) is 49.7 Å². The summed E-state index contributed by atoms with van der Waals surface area (Å²) in [7, 11) is 0. The predicted molar refractivity (Wildman–Crippen MR) is 80.3 cm³/mol. The minimum absolute atomic E-state index is 0.293. The van der Waals surface area contributed by atoms with Crippen molar-refractivity contribution in [3.8, 4) is 0 Å². The molecule has 0 aliphatic carbocycles. The molecule has 19 heavy (non-hydrogen) atoms. The van der Waals surface area contributed by atoms with Crippen LogP contribution >= 0.6 is 15.9 Å². The van der Waals surface area contributed by atoms with E-state index >= 15 is 0 Å². The molecule has 2 heterocycles. The first kappa shape index (κ1) is 15.0. The maximum absolute atomic E-state index is 5.75. The molecule has 1 aromatic rings. The van der Waals surface area contributed by atoms with E-state index in [2.05, 4.69) is 58.7 Å². The fraction of sp³-hybridized carbons (Fsp3) is 0.786. The van der Waals surface area contributed by atoms with Gasteiger partial charge in [-0.25, -0.2) is 0 Å². The average molecular weight is 330 g/mol. The minimum Gasteiger partial charge on any atom is -0.378 e. The summed E-state index contributed by atoms with van der Waals surface area (Å²) >= 11 is 3.66. The van der Waals surface area contributed by atoms with E-state index in [1.165, 1.54) is 5.69 Å². The Kier molecular flexibility index (Phi) is 5.03. The fourth-order valence-corrected chi connectivity index (χ4v) is 3.43. The highest BCUT2D eigenvalue weighted by Crippen LogP contribution is 2.37. The minimum atomic E-state index is 0.293. The molecule has 0 saturated carbocycles. The van der Waals surface area contributed by atoms with Gasteiger partial charge in [-0.1, -0.05) is 6.92 Å². The number of hydrogen-bond donors (Lipinski definition) is 1. The molecule has 108 valence electrons. The second kappa shape index (κ2) is 6.37. The summed E-state index contributed by atoms with van der Waals surface area (Å²) < 4.78 is 8.95. The largest absolute Gasteiger partial charge is 0.378 e. The van der Waals surface area contributed by atoms with Gasteiger partial charge in [0.15, 0.2) is 0 Å². The Morgan fingerprint density at radius 1 is 1.58 bits per heavy atom. The van der Waals surface area contributed by atoms with Gasteiger partial charge in [0.1, 0.15) is 0 Å². The molecule has 2 rings (SSSR count). The van der Waals surface area contributed by atoms with Crippen molar-refractivity contribution < 1.29 is 4.74 Å². The van der Waals surface area contributed by atoms with E-state index in [0.29, 0.717) is 24.1 Å². The van der Waals surface area contributed by atoms with Gasteiger partial charge in [0.2, 0.25) is 0 Å². The van der Waals surface area contributed by atoms with Crippen molar-refractivity contribution in [1.29, 1.82) is 0 Å². The average Bonchev–Trinajstić information content (AvgIpc) is 2.93. The number of rotatable bonds is 5. The van der Waals surface area contributed by atoms with Gasteiger partial charge >= 0.3 is 0 Å². The first-order valence-electron chi connectivity index (χ1n) is 7.14. The Hall–Kier alpha value is -0.390. The zero-order chi connectivity index (χ0) is 14.0. The van der Waals surface area contributed by atoms with Crippen LogP contribution in [0.5, 0.6) is 0 Å². The summed E-state index contributed by atoms with van der Waals surface area (Å²) in [5, 5.41) is 8.13. The number of halogens is 1. The van der Waals surface area contributed by atoms with Crippen LogP contribution in [0.25, 0.3) is 0 Å². The highest BCUT2D eigenvalue weighted by atomic mass is 79.9. The molecule has 1 aliphatic heterocycles. The molecule has 1 aliphatic rings. The molecule has 0 spiro atoms. The summed E-state index contributed by atoms with van der Waals surface area (Å²) in [4.78, 5) is 0. The van der Waals surface area contributed by atoms with Crippen LogP contribution in [0.1, 0.15) is 51.9 Å². The van der Waals surface area contributed by atoms with E-state index in [1.54, 1.807) is 0 Å². The van der Waals surface area contributed by atoms with Gasteiger partial charge in [-0.15, -0.1) is 0 Å². The van der Waals surface area contributed by atoms with E-state index < -0.39 is 0 Å². The summed E-state index contributed by atoms with van der Waals surface area (Å²) in [5.74, 6) is 0.505. The molecule has 1 N–H and O–H groups in total. The molecule has 1 saturated heterocycles. The predicted octanol–water partition coefficient (Wildman–Crippen LogP) is 3.30. The molecule has 5 heteroatoms. The molecule has 0 radical (unpaired) electrons. The molecule has 3 atom stereocenters. The lowest BCUT2D eigenvalue weighted by molar-refractivity contribution is 0.0942. The first-order valence-corrected chi connectivity index (χ1v) is 7.93. The smallest absolute Gasteiger partial charge is 0.0702 e. The molecule has 0 bridgehead atoms. The van der Waals surface area contributed by atoms with Crippen LogP contribution in [0.4, 0.5) is 0 Å². The summed E-state index contributed by atoms with van der Waals surface area (Å²) in [6.07, 6.45) is 3.31. The van der Waals surface area contributed by atoms with Gasteiger partial charge < -0.3 is 10.1 Å². The molecular formula is C14H24BrN3O. The number of hydrogen-bond acceptors (Lipinski definition) is 3. The lowest BCUT2D eigenvalue weighted by atomic mass is 9.91. The fourth-order valence-electron chi connectivity index (χ4n) is 2.91. The second-order valence-electron chi connectivity index (χ2n) is 5.48. The molecule has 1 aromatic heterocycles. The highest BCUT2D eigenvalue weighted by molar-refractivity contribution is 9.10. The van der Waals surface area contributed by atoms with Crippen molar-refractivity contribution in [1.82, 2.24) is 15.1 Å². The number of ether oxygens (including phenoxy) is 1. The Bertz CT molecular complexity index is 419. The third kappa shape index (κ3) is 3.03. The van der Waals surface area contributed by atoms with E-state index in [1.807, 2.05) is 6.20 Å². The van der Waals surface area contributed by atoms with Gasteiger partial charge in [0, 0.05) is 18.6 Å². The lowest BCUT2D eigenvalue weighted by Gasteiger charge is -2.28. The van der Waals surface area contributed by atoms with Crippen molar-refractivity contribution in [2.75, 3.05) is 13.2 Å². The highest BCUT2D eigenvalue weighted by Gasteiger charge is 2.35. The van der Waals surface area contributed by atoms with Crippen LogP contribution in [-0.2, 0) is 4.74 Å². The molecule has 3 unspecified atom stereocenters. The number of aromatic nitrogens is 2. The van der Waals surface area contributed by atoms with Crippen molar-refractivity contribution in [3.63, 3.8) is 0 Å². The molecule has 0 amide bonds. The molecule has 1 fully saturated rings. The third-order valence-electron chi connectivity index (χ3n) is 3.86. The topological polar surface area (TPSA) is 39.1 Å². The van der Waals surface area contributed by atoms with Crippen LogP contribution in [-0.4, -0.2) is 29.0 Å². The van der Waals surface area contributed by atoms with Crippen LogP contribution in [0, 0.1) is 5.92 Å². The van der Waals surface area contributed by atoms with Crippen LogP contribution in [0.2, 0.25) is 0 Å². The quantitative estimate of drug-likeness (QED) is 0.900. The normalized spacial score (nSPS) is 25.2. The van der Waals surface area contributed by atoms with Crippen molar-refractivity contribution in [2.24, 2.45) is 5.92 Å². The number of nitrogens with zero attached hydrogens (tertiary/aromatic N) is 2. The van der Waals surface area contributed by atoms with Crippen LogP contribution in [0.3, 0.4) is 0 Å². The maximum atomic E-state index is 5.75. The SMILES string of the molecule is CCNC(c1c(Br)cnn1C(C)C)C1CCOC1C. The third-order valence-corrected chi connectivity index (χ3v) is 4.47. The Morgan fingerprint density at radius 2 is 2.32 bits per heavy atom. The summed E-state index contributed by atoms with van der Waals surface area (Å²) in [6, 6.07) is 0.654. The van der Waals surface area contributed by atoms with E-state index in [0.717, 1.165) is 24.0 Å². The molecular weight excluding hydrogens is 306 g/mol. The second-order valence-corrected chi connectivity index (χ2v) is 6.33. The number of nitrogens with one attached hydrogen (secondary N) is 1. The van der Waals surface area contributed by atoms with E-state index in [4.69, 9.17) is 4.74 Å². The Labute approximate surface area is 124 Å². The lowest BCUT2D eigenvalue weighted by Crippen LogP contribution is -2.34. The Morgan fingerprint density at radius 3 is 2.84 bits per heavy atom. The van der Waals surface area contributed by atoms with Crippen molar-refractivity contribution in [3.05, 3.63) is 16.4 Å². The van der Waals surface area contributed by atoms with E-state index in [9.17, 15) is 0 Å². The standard InChI is InChI=1S/C14H24BrN3O/c1-5-16-13(11-6-7-19-10(11)4)14-12(15)8-17-18(14)9(2)3/h8-11,13,16H,5-7H2,1-4H3. The zero-order valence-corrected chi connectivity index (χ0v) is 13.8. The van der Waals surface area contributed by atoms with Gasteiger partial charge in [0.25, 0.3) is 0 Å².